The lowest BCUT2D eigenvalue weighted by molar-refractivity contribution is 0.0206. The number of nitrogens with one attached hydrogen (secondary N) is 1. The van der Waals surface area contributed by atoms with Gasteiger partial charge in [0.15, 0.2) is 0 Å². The number of imidazole rings is 1. The molecule has 0 aliphatic carbocycles. The molecule has 0 bridgehead atoms. The Bertz CT molecular complexity index is 1060. The molecular formula is C21H25ClN6O2. The molecule has 158 valence electrons. The molecule has 1 atom stereocenters. The van der Waals surface area contributed by atoms with Crippen LogP contribution in [-0.2, 0) is 4.74 Å². The van der Waals surface area contributed by atoms with Crippen molar-refractivity contribution in [3.63, 3.8) is 0 Å². The topological polar surface area (TPSA) is 84.6 Å². The summed E-state index contributed by atoms with van der Waals surface area (Å²) in [5.41, 5.74) is 1.78. The van der Waals surface area contributed by atoms with Crippen molar-refractivity contribution in [3.8, 4) is 11.4 Å². The number of piperidine rings is 1. The van der Waals surface area contributed by atoms with E-state index in [1.54, 1.807) is 29.6 Å². The number of aromatic nitrogens is 4. The van der Waals surface area contributed by atoms with Crippen LogP contribution in [0.15, 0.2) is 36.9 Å². The van der Waals surface area contributed by atoms with Crippen molar-refractivity contribution in [2.45, 2.75) is 45.3 Å². The number of amides is 1. The van der Waals surface area contributed by atoms with Crippen LogP contribution in [0.2, 0.25) is 5.02 Å². The Kier molecular flexibility index (Phi) is 5.51. The predicted octanol–water partition coefficient (Wildman–Crippen LogP) is 4.26. The second-order valence-electron chi connectivity index (χ2n) is 8.42. The number of rotatable bonds is 3. The lowest BCUT2D eigenvalue weighted by Crippen LogP contribution is -2.47. The lowest BCUT2D eigenvalue weighted by Gasteiger charge is -2.34. The van der Waals surface area contributed by atoms with Gasteiger partial charge in [0.25, 0.3) is 0 Å². The fourth-order valence-electron chi connectivity index (χ4n) is 3.50. The minimum absolute atomic E-state index is 0.0804. The molecule has 4 rings (SSSR count). The molecule has 1 aliphatic heterocycles. The molecule has 3 aromatic rings. The zero-order valence-electron chi connectivity index (χ0n) is 17.3. The molecule has 0 unspecified atom stereocenters. The van der Waals surface area contributed by atoms with Gasteiger partial charge in [-0.2, -0.15) is 0 Å². The minimum Gasteiger partial charge on any atom is -0.444 e. The van der Waals surface area contributed by atoms with Gasteiger partial charge in [0.05, 0.1) is 24.3 Å². The quantitative estimate of drug-likeness (QED) is 0.671. The first-order chi connectivity index (χ1) is 14.3. The van der Waals surface area contributed by atoms with E-state index in [4.69, 9.17) is 21.3 Å². The van der Waals surface area contributed by atoms with Crippen LogP contribution in [0, 0.1) is 0 Å². The highest BCUT2D eigenvalue weighted by Crippen LogP contribution is 2.23. The summed E-state index contributed by atoms with van der Waals surface area (Å²) in [6, 6.07) is 3.69. The number of hydrogen-bond acceptors (Lipinski definition) is 6. The molecule has 8 nitrogen and oxygen atoms in total. The number of anilines is 1. The van der Waals surface area contributed by atoms with Gasteiger partial charge in [-0.05, 0) is 39.7 Å². The summed E-state index contributed by atoms with van der Waals surface area (Å²) in [5, 5.41) is 4.05. The summed E-state index contributed by atoms with van der Waals surface area (Å²) in [6.45, 7) is 6.89. The molecule has 1 fully saturated rings. The van der Waals surface area contributed by atoms with E-state index in [-0.39, 0.29) is 12.1 Å². The molecule has 3 aromatic heterocycles. The van der Waals surface area contributed by atoms with Gasteiger partial charge in [0, 0.05) is 36.4 Å². The van der Waals surface area contributed by atoms with Crippen molar-refractivity contribution < 1.29 is 9.53 Å². The van der Waals surface area contributed by atoms with Gasteiger partial charge < -0.3 is 15.0 Å². The monoisotopic (exact) mass is 428 g/mol. The highest BCUT2D eigenvalue weighted by Gasteiger charge is 2.27. The van der Waals surface area contributed by atoms with Crippen LogP contribution in [0.3, 0.4) is 0 Å². The van der Waals surface area contributed by atoms with E-state index in [9.17, 15) is 4.79 Å². The average molecular weight is 429 g/mol. The van der Waals surface area contributed by atoms with E-state index in [1.165, 1.54) is 0 Å². The third-order valence-corrected chi connectivity index (χ3v) is 5.03. The van der Waals surface area contributed by atoms with E-state index < -0.39 is 5.60 Å². The molecule has 1 N–H and O–H groups in total. The standard InChI is InChI=1S/C21H25ClN6O2/c1-21(2,3)30-20(29)27-7-4-5-15(13-27)25-18-12-23-10-16(26-18)17-11-24-19-9-14(22)6-8-28(17)19/h6,8-12,15H,4-5,7,13H2,1-3H3,(H,25,26)/t15-/m1/s1. The van der Waals surface area contributed by atoms with Crippen molar-refractivity contribution in [2.75, 3.05) is 18.4 Å². The number of carbonyl (C=O) groups is 1. The van der Waals surface area contributed by atoms with Crippen LogP contribution in [0.4, 0.5) is 10.6 Å². The van der Waals surface area contributed by atoms with E-state index in [1.807, 2.05) is 37.4 Å². The summed E-state index contributed by atoms with van der Waals surface area (Å²) in [6.07, 6.45) is 8.58. The summed E-state index contributed by atoms with van der Waals surface area (Å²) in [4.78, 5) is 27.6. The van der Waals surface area contributed by atoms with Gasteiger partial charge in [-0.1, -0.05) is 11.6 Å². The molecule has 30 heavy (non-hydrogen) atoms. The maximum atomic E-state index is 12.4. The van der Waals surface area contributed by atoms with E-state index in [0.29, 0.717) is 29.6 Å². The Hall–Kier alpha value is -2.87. The van der Waals surface area contributed by atoms with Gasteiger partial charge in [-0.3, -0.25) is 9.38 Å². The smallest absolute Gasteiger partial charge is 0.410 e. The number of carbonyl (C=O) groups excluding carboxylic acids is 1. The lowest BCUT2D eigenvalue weighted by atomic mass is 10.1. The second-order valence-corrected chi connectivity index (χ2v) is 8.85. The maximum Gasteiger partial charge on any atom is 0.410 e. The number of nitrogens with zero attached hydrogens (tertiary/aromatic N) is 5. The molecule has 0 radical (unpaired) electrons. The Morgan fingerprint density at radius 2 is 2.13 bits per heavy atom. The van der Waals surface area contributed by atoms with E-state index >= 15 is 0 Å². The SMILES string of the molecule is CC(C)(C)OC(=O)N1CCC[C@@H](Nc2cncc(-c3cnc4cc(Cl)ccn34)n2)C1. The number of likely N-dealkylation sites (tertiary alicyclic amines) is 1. The van der Waals surface area contributed by atoms with Crippen LogP contribution < -0.4 is 5.32 Å². The first kappa shape index (κ1) is 20.4. The molecule has 0 saturated carbocycles. The van der Waals surface area contributed by atoms with Crippen LogP contribution in [0.5, 0.6) is 0 Å². The fourth-order valence-corrected chi connectivity index (χ4v) is 3.65. The Balaban J connectivity index is 1.48. The largest absolute Gasteiger partial charge is 0.444 e. The summed E-state index contributed by atoms with van der Waals surface area (Å²) < 4.78 is 7.43. The van der Waals surface area contributed by atoms with Crippen molar-refractivity contribution in [1.82, 2.24) is 24.3 Å². The van der Waals surface area contributed by atoms with Gasteiger partial charge in [0.2, 0.25) is 0 Å². The van der Waals surface area contributed by atoms with Crippen LogP contribution in [-0.4, -0.2) is 55.1 Å². The molecular weight excluding hydrogens is 404 g/mol. The predicted molar refractivity (Wildman–Crippen MR) is 116 cm³/mol. The third kappa shape index (κ3) is 4.64. The summed E-state index contributed by atoms with van der Waals surface area (Å²) >= 11 is 6.05. The molecule has 0 aromatic carbocycles. The second kappa shape index (κ2) is 8.10. The molecule has 9 heteroatoms. The highest BCUT2D eigenvalue weighted by atomic mass is 35.5. The zero-order valence-corrected chi connectivity index (χ0v) is 18.1. The average Bonchev–Trinajstić information content (AvgIpc) is 3.10. The van der Waals surface area contributed by atoms with Crippen LogP contribution in [0.1, 0.15) is 33.6 Å². The molecule has 1 amide bonds. The van der Waals surface area contributed by atoms with Crippen LogP contribution in [0.25, 0.3) is 17.0 Å². The first-order valence-electron chi connectivity index (χ1n) is 9.98. The van der Waals surface area contributed by atoms with E-state index in [0.717, 1.165) is 24.2 Å². The Labute approximate surface area is 180 Å². The molecule has 1 saturated heterocycles. The molecule has 4 heterocycles. The van der Waals surface area contributed by atoms with Crippen molar-refractivity contribution in [2.24, 2.45) is 0 Å². The number of pyridine rings is 1. The van der Waals surface area contributed by atoms with E-state index in [2.05, 4.69) is 15.3 Å². The summed E-state index contributed by atoms with van der Waals surface area (Å²) in [5.74, 6) is 0.660. The number of fused-ring (bicyclic) bond motifs is 1. The normalized spacial score (nSPS) is 17.2. The van der Waals surface area contributed by atoms with Gasteiger partial charge in [-0.25, -0.2) is 14.8 Å². The molecule has 0 spiro atoms. The van der Waals surface area contributed by atoms with Crippen molar-refractivity contribution in [3.05, 3.63) is 41.9 Å². The zero-order chi connectivity index (χ0) is 21.3. The van der Waals surface area contributed by atoms with Gasteiger partial charge in [-0.15, -0.1) is 0 Å². The van der Waals surface area contributed by atoms with Crippen molar-refractivity contribution >= 4 is 29.2 Å². The highest BCUT2D eigenvalue weighted by molar-refractivity contribution is 6.30. The number of hydrogen-bond donors (Lipinski definition) is 1. The fraction of sp³-hybridized carbons (Fsp3) is 0.429. The molecule has 1 aliphatic rings. The third-order valence-electron chi connectivity index (χ3n) is 4.80. The first-order valence-corrected chi connectivity index (χ1v) is 10.4. The summed E-state index contributed by atoms with van der Waals surface area (Å²) in [7, 11) is 0. The maximum absolute atomic E-state index is 12.4. The Morgan fingerprint density at radius 3 is 2.93 bits per heavy atom. The number of halogens is 1. The minimum atomic E-state index is -0.504. The van der Waals surface area contributed by atoms with Crippen LogP contribution >= 0.6 is 11.6 Å². The van der Waals surface area contributed by atoms with Gasteiger partial charge in [0.1, 0.15) is 22.8 Å². The Morgan fingerprint density at radius 1 is 1.30 bits per heavy atom. The van der Waals surface area contributed by atoms with Crippen molar-refractivity contribution in [1.29, 1.82) is 0 Å². The number of ether oxygens (including phenoxy) is 1. The van der Waals surface area contributed by atoms with Gasteiger partial charge >= 0.3 is 6.09 Å².